The number of hydrogen-bond donors (Lipinski definition) is 1. The number of aromatic hydroxyl groups is 1. The Morgan fingerprint density at radius 3 is 1.80 bits per heavy atom. The molecule has 0 atom stereocenters. The van der Waals surface area contributed by atoms with Crippen LogP contribution in [0.3, 0.4) is 0 Å². The van der Waals surface area contributed by atoms with E-state index in [0.29, 0.717) is 11.7 Å². The molecule has 1 aliphatic rings. The lowest BCUT2D eigenvalue weighted by atomic mass is 9.73. The Bertz CT molecular complexity index is 567. The van der Waals surface area contributed by atoms with Gasteiger partial charge in [0.1, 0.15) is 5.75 Å². The lowest BCUT2D eigenvalue weighted by molar-refractivity contribution is 0.372. The Balaban J connectivity index is 2.34. The first-order valence-corrected chi connectivity index (χ1v) is 10.1. The molecule has 2 rings (SSSR count). The lowest BCUT2D eigenvalue weighted by Gasteiger charge is -2.32. The van der Waals surface area contributed by atoms with Gasteiger partial charge in [-0.25, -0.2) is 0 Å². The van der Waals surface area contributed by atoms with Crippen molar-refractivity contribution in [1.29, 1.82) is 0 Å². The summed E-state index contributed by atoms with van der Waals surface area (Å²) in [5.41, 5.74) is 3.55. The molecule has 0 aromatic heterocycles. The molecule has 1 N–H and O–H groups in total. The Morgan fingerprint density at radius 2 is 1.40 bits per heavy atom. The van der Waals surface area contributed by atoms with Crippen LogP contribution in [0.25, 0.3) is 0 Å². The van der Waals surface area contributed by atoms with Gasteiger partial charge in [0.05, 0.1) is 0 Å². The fraction of sp³-hybridized carbons (Fsp3) is 0.667. The van der Waals surface area contributed by atoms with Gasteiger partial charge in [-0.05, 0) is 71.5 Å². The molecule has 0 aliphatic heterocycles. The van der Waals surface area contributed by atoms with Crippen LogP contribution in [0.4, 0.5) is 0 Å². The second-order valence-corrected chi connectivity index (χ2v) is 9.91. The second-order valence-electron chi connectivity index (χ2n) is 9.91. The van der Waals surface area contributed by atoms with Crippen molar-refractivity contribution in [3.05, 3.63) is 41.0 Å². The molecule has 1 aromatic rings. The summed E-state index contributed by atoms with van der Waals surface area (Å²) in [6.45, 7) is 15.4. The summed E-state index contributed by atoms with van der Waals surface area (Å²) in [5.74, 6) is 1.90. The van der Waals surface area contributed by atoms with E-state index in [1.54, 1.807) is 0 Å². The third kappa shape index (κ3) is 4.90. The zero-order valence-electron chi connectivity index (χ0n) is 17.4. The van der Waals surface area contributed by atoms with E-state index in [1.165, 1.54) is 31.2 Å². The fourth-order valence-electron chi connectivity index (χ4n) is 4.01. The molecular weight excluding hydrogens is 304 g/mol. The summed E-state index contributed by atoms with van der Waals surface area (Å²) < 4.78 is 0. The second kappa shape index (κ2) is 7.56. The maximum atomic E-state index is 10.9. The van der Waals surface area contributed by atoms with Crippen molar-refractivity contribution in [2.75, 3.05) is 0 Å². The topological polar surface area (TPSA) is 20.2 Å². The Labute approximate surface area is 155 Å². The normalized spacial score (nSPS) is 22.5. The van der Waals surface area contributed by atoms with E-state index in [1.807, 2.05) is 0 Å². The van der Waals surface area contributed by atoms with Crippen LogP contribution in [0, 0.1) is 5.92 Å². The van der Waals surface area contributed by atoms with Crippen molar-refractivity contribution in [1.82, 2.24) is 0 Å². The summed E-state index contributed by atoms with van der Waals surface area (Å²) in [6, 6.07) is 4.58. The molecule has 0 radical (unpaired) electrons. The quantitative estimate of drug-likeness (QED) is 0.574. The number of hydrogen-bond acceptors (Lipinski definition) is 1. The molecule has 1 aromatic carbocycles. The highest BCUT2D eigenvalue weighted by atomic mass is 16.3. The van der Waals surface area contributed by atoms with E-state index >= 15 is 0 Å². The summed E-state index contributed by atoms with van der Waals surface area (Å²) in [4.78, 5) is 0. The zero-order chi connectivity index (χ0) is 18.8. The van der Waals surface area contributed by atoms with E-state index in [9.17, 15) is 5.11 Å². The molecular formula is C24H38O. The van der Waals surface area contributed by atoms with Crippen molar-refractivity contribution in [2.24, 2.45) is 5.92 Å². The maximum absolute atomic E-state index is 10.9. The number of phenolic OH excluding ortho intramolecular Hbond substituents is 1. The van der Waals surface area contributed by atoms with Crippen molar-refractivity contribution in [3.8, 4) is 5.75 Å². The summed E-state index contributed by atoms with van der Waals surface area (Å²) in [7, 11) is 0. The van der Waals surface area contributed by atoms with Gasteiger partial charge in [0.15, 0.2) is 0 Å². The predicted molar refractivity (Wildman–Crippen MR) is 110 cm³/mol. The predicted octanol–water partition coefficient (Wildman–Crippen LogP) is 7.23. The third-order valence-corrected chi connectivity index (χ3v) is 5.64. The largest absolute Gasteiger partial charge is 0.507 e. The third-order valence-electron chi connectivity index (χ3n) is 5.64. The highest BCUT2D eigenvalue weighted by molar-refractivity contribution is 5.50. The van der Waals surface area contributed by atoms with Crippen molar-refractivity contribution in [3.63, 3.8) is 0 Å². The molecule has 0 saturated heterocycles. The Morgan fingerprint density at radius 1 is 0.920 bits per heavy atom. The highest BCUT2D eigenvalue weighted by Crippen LogP contribution is 2.44. The molecule has 1 saturated carbocycles. The first kappa shape index (κ1) is 20.1. The van der Waals surface area contributed by atoms with Crippen LogP contribution in [-0.2, 0) is 10.8 Å². The molecule has 0 heterocycles. The molecule has 140 valence electrons. The molecule has 0 amide bonds. The Hall–Kier alpha value is -1.24. The average molecular weight is 343 g/mol. The SMILES string of the molecule is CC/C=C\C1CCC(c2cc(C(C)(C)C)c(O)c(C(C)(C)C)c2)CC1. The Kier molecular flexibility index (Phi) is 6.07. The van der Waals surface area contributed by atoms with E-state index in [2.05, 4.69) is 72.8 Å². The van der Waals surface area contributed by atoms with Crippen LogP contribution < -0.4 is 0 Å². The van der Waals surface area contributed by atoms with Crippen LogP contribution in [-0.4, -0.2) is 5.11 Å². The number of rotatable bonds is 3. The van der Waals surface area contributed by atoms with E-state index in [-0.39, 0.29) is 10.8 Å². The van der Waals surface area contributed by atoms with Crippen LogP contribution >= 0.6 is 0 Å². The van der Waals surface area contributed by atoms with Crippen LogP contribution in [0.15, 0.2) is 24.3 Å². The van der Waals surface area contributed by atoms with Gasteiger partial charge < -0.3 is 5.11 Å². The van der Waals surface area contributed by atoms with Crippen LogP contribution in [0.2, 0.25) is 0 Å². The van der Waals surface area contributed by atoms with Gasteiger partial charge >= 0.3 is 0 Å². The van der Waals surface area contributed by atoms with Gasteiger partial charge in [-0.3, -0.25) is 0 Å². The molecule has 0 bridgehead atoms. The minimum Gasteiger partial charge on any atom is -0.507 e. The van der Waals surface area contributed by atoms with E-state index in [4.69, 9.17) is 0 Å². The molecule has 1 heteroatoms. The van der Waals surface area contributed by atoms with Gasteiger partial charge in [0, 0.05) is 0 Å². The summed E-state index contributed by atoms with van der Waals surface area (Å²) in [6.07, 6.45) is 11.0. The molecule has 0 unspecified atom stereocenters. The van der Waals surface area contributed by atoms with Gasteiger partial charge in [-0.15, -0.1) is 0 Å². The van der Waals surface area contributed by atoms with E-state index in [0.717, 1.165) is 23.5 Å². The number of phenols is 1. The number of benzene rings is 1. The lowest BCUT2D eigenvalue weighted by Crippen LogP contribution is -2.19. The summed E-state index contributed by atoms with van der Waals surface area (Å²) in [5, 5.41) is 10.9. The number of allylic oxidation sites excluding steroid dienone is 2. The fourth-order valence-corrected chi connectivity index (χ4v) is 4.01. The van der Waals surface area contributed by atoms with Gasteiger partial charge in [-0.1, -0.05) is 72.8 Å². The van der Waals surface area contributed by atoms with Gasteiger partial charge in [0.25, 0.3) is 0 Å². The smallest absolute Gasteiger partial charge is 0.123 e. The standard InChI is InChI=1S/C24H38O/c1-8-9-10-17-11-13-18(14-12-17)19-15-20(23(2,3)4)22(25)21(16-19)24(5,6)7/h9-10,15-18,25H,8,11-14H2,1-7H3/b10-9-. The van der Waals surface area contributed by atoms with Gasteiger partial charge in [-0.2, -0.15) is 0 Å². The highest BCUT2D eigenvalue weighted by Gasteiger charge is 2.29. The van der Waals surface area contributed by atoms with E-state index < -0.39 is 0 Å². The maximum Gasteiger partial charge on any atom is 0.123 e. The van der Waals surface area contributed by atoms with Crippen LogP contribution in [0.1, 0.15) is 103 Å². The van der Waals surface area contributed by atoms with Crippen molar-refractivity contribution in [2.45, 2.75) is 97.3 Å². The zero-order valence-corrected chi connectivity index (χ0v) is 17.4. The first-order valence-electron chi connectivity index (χ1n) is 10.1. The van der Waals surface area contributed by atoms with Crippen molar-refractivity contribution >= 4 is 0 Å². The molecule has 25 heavy (non-hydrogen) atoms. The monoisotopic (exact) mass is 342 g/mol. The first-order chi connectivity index (χ1) is 11.5. The van der Waals surface area contributed by atoms with Crippen molar-refractivity contribution < 1.29 is 5.11 Å². The minimum absolute atomic E-state index is 0.0405. The molecule has 1 aliphatic carbocycles. The minimum atomic E-state index is -0.0405. The van der Waals surface area contributed by atoms with Crippen LogP contribution in [0.5, 0.6) is 5.75 Å². The molecule has 1 nitrogen and oxygen atoms in total. The average Bonchev–Trinajstić information content (AvgIpc) is 2.51. The van der Waals surface area contributed by atoms with Gasteiger partial charge in [0.2, 0.25) is 0 Å². The molecule has 1 fully saturated rings. The molecule has 0 spiro atoms. The summed E-state index contributed by atoms with van der Waals surface area (Å²) >= 11 is 0.